The van der Waals surface area contributed by atoms with Crippen molar-refractivity contribution in [3.05, 3.63) is 35.1 Å². The van der Waals surface area contributed by atoms with Gasteiger partial charge in [0.15, 0.2) is 17.5 Å². The van der Waals surface area contributed by atoms with Crippen LogP contribution in [0.15, 0.2) is 12.1 Å². The summed E-state index contributed by atoms with van der Waals surface area (Å²) in [4.78, 5) is 0. The fraction of sp³-hybridized carbons (Fsp3) is 0.600. The van der Waals surface area contributed by atoms with Crippen molar-refractivity contribution in [1.82, 2.24) is 5.32 Å². The number of halogens is 3. The van der Waals surface area contributed by atoms with E-state index in [1.165, 1.54) is 6.07 Å². The van der Waals surface area contributed by atoms with E-state index in [1.807, 2.05) is 0 Å². The largest absolute Gasteiger partial charge is 0.316 e. The average Bonchev–Trinajstić information content (AvgIpc) is 2.85. The van der Waals surface area contributed by atoms with Crippen LogP contribution in [0, 0.1) is 23.4 Å². The molecule has 0 spiro atoms. The van der Waals surface area contributed by atoms with Crippen LogP contribution in [0.5, 0.6) is 0 Å². The lowest BCUT2D eigenvalue weighted by Crippen LogP contribution is -2.25. The Balaban J connectivity index is 2.13. The highest BCUT2D eigenvalue weighted by Gasteiger charge is 2.31. The van der Waals surface area contributed by atoms with Gasteiger partial charge in [-0.2, -0.15) is 0 Å². The van der Waals surface area contributed by atoms with Gasteiger partial charge in [-0.05, 0) is 55.8 Å². The molecule has 2 rings (SSSR count). The van der Waals surface area contributed by atoms with E-state index < -0.39 is 17.5 Å². The molecular formula is C15H20F3N. The first kappa shape index (κ1) is 14.4. The van der Waals surface area contributed by atoms with Crippen molar-refractivity contribution in [2.24, 2.45) is 5.92 Å². The van der Waals surface area contributed by atoms with E-state index in [9.17, 15) is 13.2 Å². The molecule has 1 aliphatic carbocycles. The van der Waals surface area contributed by atoms with Crippen molar-refractivity contribution in [2.45, 2.75) is 38.5 Å². The van der Waals surface area contributed by atoms with Crippen molar-refractivity contribution in [1.29, 1.82) is 0 Å². The van der Waals surface area contributed by atoms with Crippen LogP contribution in [-0.2, 0) is 0 Å². The zero-order valence-corrected chi connectivity index (χ0v) is 11.2. The summed E-state index contributed by atoms with van der Waals surface area (Å²) >= 11 is 0. The van der Waals surface area contributed by atoms with Crippen molar-refractivity contribution < 1.29 is 13.2 Å². The van der Waals surface area contributed by atoms with Crippen molar-refractivity contribution >= 4 is 0 Å². The van der Waals surface area contributed by atoms with Crippen LogP contribution >= 0.6 is 0 Å². The molecule has 1 saturated carbocycles. The van der Waals surface area contributed by atoms with Gasteiger partial charge in [0, 0.05) is 0 Å². The fourth-order valence-corrected chi connectivity index (χ4v) is 2.98. The second-order valence-corrected chi connectivity index (χ2v) is 5.27. The summed E-state index contributed by atoms with van der Waals surface area (Å²) in [6, 6.07) is 2.43. The molecule has 2 unspecified atom stereocenters. The van der Waals surface area contributed by atoms with Crippen LogP contribution in [0.4, 0.5) is 13.2 Å². The maximum Gasteiger partial charge on any atom is 0.194 e. The van der Waals surface area contributed by atoms with Crippen LogP contribution in [-0.4, -0.2) is 13.1 Å². The van der Waals surface area contributed by atoms with Gasteiger partial charge in [-0.15, -0.1) is 0 Å². The van der Waals surface area contributed by atoms with Crippen molar-refractivity contribution in [3.63, 3.8) is 0 Å². The molecule has 0 heterocycles. The van der Waals surface area contributed by atoms with Crippen LogP contribution in [0.1, 0.15) is 44.1 Å². The predicted molar refractivity (Wildman–Crippen MR) is 69.6 cm³/mol. The summed E-state index contributed by atoms with van der Waals surface area (Å²) in [5, 5.41) is 3.33. The van der Waals surface area contributed by atoms with Gasteiger partial charge in [0.1, 0.15) is 0 Å². The van der Waals surface area contributed by atoms with Gasteiger partial charge in [0.25, 0.3) is 0 Å². The maximum absolute atomic E-state index is 13.8. The number of hydrogen-bond donors (Lipinski definition) is 1. The lowest BCUT2D eigenvalue weighted by Gasteiger charge is -2.21. The standard InChI is InChI=1S/C15H20F3N/c1-2-8-19-9-10-4-3-5-11(10)12-6-7-13(16)15(18)14(12)17/h6-7,10-11,19H,2-5,8-9H2,1H3. The SMILES string of the molecule is CCCNCC1CCCC1c1ccc(F)c(F)c1F. The molecule has 19 heavy (non-hydrogen) atoms. The lowest BCUT2D eigenvalue weighted by atomic mass is 9.88. The Labute approximate surface area is 112 Å². The molecule has 4 heteroatoms. The third-order valence-electron chi connectivity index (χ3n) is 3.96. The molecule has 1 fully saturated rings. The quantitative estimate of drug-likeness (QED) is 0.631. The van der Waals surface area contributed by atoms with E-state index in [0.717, 1.165) is 44.8 Å². The molecule has 2 atom stereocenters. The number of benzene rings is 1. The zero-order valence-electron chi connectivity index (χ0n) is 11.2. The molecule has 1 N–H and O–H groups in total. The van der Waals surface area contributed by atoms with Gasteiger partial charge in [-0.3, -0.25) is 0 Å². The van der Waals surface area contributed by atoms with Gasteiger partial charge in [-0.1, -0.05) is 19.4 Å². The van der Waals surface area contributed by atoms with Gasteiger partial charge >= 0.3 is 0 Å². The summed E-state index contributed by atoms with van der Waals surface area (Å²) in [6.07, 6.45) is 3.93. The molecular weight excluding hydrogens is 251 g/mol. The Kier molecular flexibility index (Phi) is 4.86. The third-order valence-corrected chi connectivity index (χ3v) is 3.96. The van der Waals surface area contributed by atoms with Gasteiger partial charge in [0.05, 0.1) is 0 Å². The van der Waals surface area contributed by atoms with Gasteiger partial charge in [0.2, 0.25) is 0 Å². The van der Waals surface area contributed by atoms with E-state index >= 15 is 0 Å². The predicted octanol–water partition coefficient (Wildman–Crippen LogP) is 3.99. The summed E-state index contributed by atoms with van der Waals surface area (Å²) in [6.45, 7) is 3.84. The molecule has 0 amide bonds. The van der Waals surface area contributed by atoms with Crippen LogP contribution in [0.3, 0.4) is 0 Å². The Hall–Kier alpha value is -1.03. The zero-order chi connectivity index (χ0) is 13.8. The summed E-state index contributed by atoms with van der Waals surface area (Å²) < 4.78 is 40.1. The number of rotatable bonds is 5. The molecule has 0 bridgehead atoms. The van der Waals surface area contributed by atoms with E-state index in [4.69, 9.17) is 0 Å². The molecule has 0 aliphatic heterocycles. The van der Waals surface area contributed by atoms with E-state index in [1.54, 1.807) is 0 Å². The Morgan fingerprint density at radius 1 is 1.16 bits per heavy atom. The fourth-order valence-electron chi connectivity index (χ4n) is 2.98. The summed E-state index contributed by atoms with van der Waals surface area (Å²) in [5.74, 6) is -3.15. The Morgan fingerprint density at radius 3 is 2.68 bits per heavy atom. The summed E-state index contributed by atoms with van der Waals surface area (Å²) in [7, 11) is 0. The van der Waals surface area contributed by atoms with E-state index in [0.29, 0.717) is 11.5 Å². The first-order valence-electron chi connectivity index (χ1n) is 6.99. The number of nitrogens with one attached hydrogen (secondary N) is 1. The molecule has 0 aromatic heterocycles. The molecule has 1 aromatic carbocycles. The normalized spacial score (nSPS) is 22.9. The topological polar surface area (TPSA) is 12.0 Å². The monoisotopic (exact) mass is 271 g/mol. The van der Waals surface area contributed by atoms with E-state index in [2.05, 4.69) is 12.2 Å². The lowest BCUT2D eigenvalue weighted by molar-refractivity contribution is 0.405. The molecule has 1 aromatic rings. The Bertz CT molecular complexity index is 434. The Morgan fingerprint density at radius 2 is 1.95 bits per heavy atom. The minimum atomic E-state index is -1.34. The minimum absolute atomic E-state index is 0.000504. The van der Waals surface area contributed by atoms with Crippen LogP contribution < -0.4 is 5.32 Å². The second-order valence-electron chi connectivity index (χ2n) is 5.27. The maximum atomic E-state index is 13.8. The minimum Gasteiger partial charge on any atom is -0.316 e. The van der Waals surface area contributed by atoms with Gasteiger partial charge < -0.3 is 5.32 Å². The van der Waals surface area contributed by atoms with Gasteiger partial charge in [-0.25, -0.2) is 13.2 Å². The second kappa shape index (κ2) is 6.42. The van der Waals surface area contributed by atoms with Crippen LogP contribution in [0.25, 0.3) is 0 Å². The molecule has 0 radical (unpaired) electrons. The molecule has 106 valence electrons. The highest BCUT2D eigenvalue weighted by Crippen LogP contribution is 2.40. The smallest absolute Gasteiger partial charge is 0.194 e. The highest BCUT2D eigenvalue weighted by atomic mass is 19.2. The highest BCUT2D eigenvalue weighted by molar-refractivity contribution is 5.25. The molecule has 0 saturated heterocycles. The first-order valence-corrected chi connectivity index (χ1v) is 6.99. The van der Waals surface area contributed by atoms with Crippen molar-refractivity contribution in [2.75, 3.05) is 13.1 Å². The molecule has 1 nitrogen and oxygen atoms in total. The average molecular weight is 271 g/mol. The third kappa shape index (κ3) is 3.11. The first-order chi connectivity index (χ1) is 9.15. The molecule has 1 aliphatic rings. The summed E-state index contributed by atoms with van der Waals surface area (Å²) in [5.41, 5.74) is 0.333. The van der Waals surface area contributed by atoms with E-state index in [-0.39, 0.29) is 5.92 Å². The van der Waals surface area contributed by atoms with Crippen LogP contribution in [0.2, 0.25) is 0 Å². The van der Waals surface area contributed by atoms with Crippen molar-refractivity contribution in [3.8, 4) is 0 Å². The number of hydrogen-bond acceptors (Lipinski definition) is 1.